The zero-order chi connectivity index (χ0) is 53.2. The minimum atomic E-state index is -0.0689. The predicted octanol–water partition coefficient (Wildman–Crippen LogP) is 21.0. The van der Waals surface area contributed by atoms with Crippen molar-refractivity contribution in [2.75, 3.05) is 26.4 Å². The molecular formula is C61H104O6. The molecule has 6 nitrogen and oxygen atoms in total. The van der Waals surface area contributed by atoms with Gasteiger partial charge in [-0.15, -0.1) is 13.2 Å². The molecule has 2 aliphatic heterocycles. The maximum Gasteiger partial charge on any atom is 0.128 e. The molecule has 3 atom stereocenters. The summed E-state index contributed by atoms with van der Waals surface area (Å²) in [5.41, 5.74) is 2.27. The second-order valence-corrected chi connectivity index (χ2v) is 10.7. The quantitative estimate of drug-likeness (QED) is 0.103. The maximum atomic E-state index is 6.29. The predicted molar refractivity (Wildman–Crippen MR) is 305 cm³/mol. The highest BCUT2D eigenvalue weighted by atomic mass is 16.6. The molecular weight excluding hydrogens is 829 g/mol. The Balaban J connectivity index is -0.000000312. The fraction of sp³-hybridized carbons (Fsp3) is 0.508. The summed E-state index contributed by atoms with van der Waals surface area (Å²) in [6.07, 6.45) is 4.58. The highest BCUT2D eigenvalue weighted by Crippen LogP contribution is 2.37. The monoisotopic (exact) mass is 933 g/mol. The lowest BCUT2D eigenvalue weighted by Crippen LogP contribution is -2.06. The van der Waals surface area contributed by atoms with E-state index >= 15 is 0 Å². The van der Waals surface area contributed by atoms with Crippen molar-refractivity contribution in [3.05, 3.63) is 121 Å². The molecule has 0 amide bonds. The molecule has 3 unspecified atom stereocenters. The van der Waals surface area contributed by atoms with Crippen LogP contribution in [0.15, 0.2) is 110 Å². The van der Waals surface area contributed by atoms with E-state index in [4.69, 9.17) is 28.4 Å². The molecule has 0 spiro atoms. The lowest BCUT2D eigenvalue weighted by molar-refractivity contribution is 0.0737. The van der Waals surface area contributed by atoms with E-state index < -0.39 is 0 Å². The van der Waals surface area contributed by atoms with Crippen LogP contribution < -0.4 is 14.2 Å². The molecule has 3 aliphatic rings. The Morgan fingerprint density at radius 1 is 0.403 bits per heavy atom. The van der Waals surface area contributed by atoms with Crippen molar-refractivity contribution >= 4 is 27.6 Å². The third kappa shape index (κ3) is 29.7. The fourth-order valence-corrected chi connectivity index (χ4v) is 5.14. The van der Waals surface area contributed by atoms with E-state index in [1.807, 2.05) is 221 Å². The topological polar surface area (TPSA) is 62.0 Å². The molecule has 2 saturated heterocycles. The van der Waals surface area contributed by atoms with E-state index in [1.54, 1.807) is 0 Å². The first-order chi connectivity index (χ1) is 33.2. The Labute approximate surface area is 415 Å². The van der Waals surface area contributed by atoms with E-state index in [1.165, 1.54) is 0 Å². The van der Waals surface area contributed by atoms with Crippen LogP contribution in [0.1, 0.15) is 183 Å². The second-order valence-electron chi connectivity index (χ2n) is 10.7. The zero-order valence-electron chi connectivity index (χ0n) is 47.7. The van der Waals surface area contributed by atoms with Gasteiger partial charge in [0.1, 0.15) is 53.7 Å². The number of fused-ring (bicyclic) bond motifs is 3. The summed E-state index contributed by atoms with van der Waals surface area (Å²) >= 11 is 0. The van der Waals surface area contributed by atoms with Crippen molar-refractivity contribution in [1.82, 2.24) is 0 Å². The number of ether oxygens (including phenoxy) is 6. The molecule has 0 N–H and O–H groups in total. The maximum absolute atomic E-state index is 6.29. The average molecular weight is 933 g/mol. The summed E-state index contributed by atoms with van der Waals surface area (Å²) in [5, 5.41) is 4.34. The van der Waals surface area contributed by atoms with Crippen molar-refractivity contribution in [2.24, 2.45) is 0 Å². The van der Waals surface area contributed by atoms with E-state index in [-0.39, 0.29) is 18.3 Å². The van der Waals surface area contributed by atoms with Crippen LogP contribution in [-0.4, -0.2) is 38.6 Å². The van der Waals surface area contributed by atoms with Gasteiger partial charge in [-0.05, 0) is 93.3 Å². The van der Waals surface area contributed by atoms with Crippen molar-refractivity contribution < 1.29 is 28.4 Å². The molecule has 384 valence electrons. The molecule has 0 bridgehead atoms. The summed E-state index contributed by atoms with van der Waals surface area (Å²) < 4.78 is 35.0. The highest BCUT2D eigenvalue weighted by Gasteiger charge is 2.26. The van der Waals surface area contributed by atoms with Gasteiger partial charge in [0.15, 0.2) is 0 Å². The largest absolute Gasteiger partial charge is 0.491 e. The van der Waals surface area contributed by atoms with Crippen molar-refractivity contribution in [1.29, 1.82) is 0 Å². The van der Waals surface area contributed by atoms with Gasteiger partial charge in [0, 0.05) is 0 Å². The standard InChI is InChI=1S/C35H28O6.12C2H6.C2H4/c1-7-27(36-18-32-19-37-32)13-25-14-28(8-2-22(1)25)40-29-9-3-23-4-10-30(16-26(23)15-29)41-31-11-5-24-6-12-35(34(24)17-31)39-21-33-20-38-33;13*1-2/h1-17,32-33,35H,18-21H2;12*1-2H3;1-2H2. The summed E-state index contributed by atoms with van der Waals surface area (Å²) in [6.45, 7) is 56.8. The minimum Gasteiger partial charge on any atom is -0.491 e. The van der Waals surface area contributed by atoms with E-state index in [0.29, 0.717) is 13.2 Å². The Hall–Kier alpha value is -4.62. The molecule has 0 radical (unpaired) electrons. The van der Waals surface area contributed by atoms with Gasteiger partial charge < -0.3 is 28.4 Å². The van der Waals surface area contributed by atoms with Crippen LogP contribution in [0.3, 0.4) is 0 Å². The van der Waals surface area contributed by atoms with Crippen LogP contribution in [0, 0.1) is 0 Å². The first kappa shape index (κ1) is 73.9. The van der Waals surface area contributed by atoms with Gasteiger partial charge in [-0.25, -0.2) is 0 Å². The Kier molecular flexibility index (Phi) is 59.6. The van der Waals surface area contributed by atoms with Crippen molar-refractivity contribution in [3.63, 3.8) is 0 Å². The number of hydrogen-bond acceptors (Lipinski definition) is 6. The molecule has 6 heteroatoms. The van der Waals surface area contributed by atoms with Crippen LogP contribution in [-0.2, 0) is 14.2 Å². The Morgan fingerprint density at radius 2 is 0.716 bits per heavy atom. The molecule has 5 aromatic carbocycles. The van der Waals surface area contributed by atoms with Crippen LogP contribution in [0.2, 0.25) is 0 Å². The summed E-state index contributed by atoms with van der Waals surface area (Å²) in [6, 6.07) is 30.5. The lowest BCUT2D eigenvalue weighted by atomic mass is 10.1. The minimum absolute atomic E-state index is 0.0689. The van der Waals surface area contributed by atoms with Gasteiger partial charge >= 0.3 is 0 Å². The number of hydrogen-bond donors (Lipinski definition) is 0. The normalized spacial score (nSPS) is 13.5. The molecule has 8 rings (SSSR count). The van der Waals surface area contributed by atoms with Crippen LogP contribution in [0.25, 0.3) is 27.6 Å². The zero-order valence-corrected chi connectivity index (χ0v) is 47.7. The smallest absolute Gasteiger partial charge is 0.128 e. The van der Waals surface area contributed by atoms with E-state index in [0.717, 1.165) is 74.6 Å². The highest BCUT2D eigenvalue weighted by molar-refractivity contribution is 5.86. The summed E-state index contributed by atoms with van der Waals surface area (Å²) in [4.78, 5) is 0. The average Bonchev–Trinajstić information content (AvgIpc) is 4.41. The molecule has 5 aromatic rings. The number of rotatable bonds is 10. The molecule has 2 heterocycles. The van der Waals surface area contributed by atoms with Gasteiger partial charge in [0.25, 0.3) is 0 Å². The van der Waals surface area contributed by atoms with Gasteiger partial charge in [0.05, 0.1) is 19.8 Å². The van der Waals surface area contributed by atoms with Crippen LogP contribution in [0.5, 0.6) is 28.7 Å². The van der Waals surface area contributed by atoms with E-state index in [2.05, 4.69) is 61.7 Å². The Morgan fingerprint density at radius 3 is 1.09 bits per heavy atom. The van der Waals surface area contributed by atoms with Gasteiger partial charge in [0.2, 0.25) is 0 Å². The Bertz CT molecular complexity index is 1810. The van der Waals surface area contributed by atoms with E-state index in [9.17, 15) is 0 Å². The van der Waals surface area contributed by atoms with Gasteiger partial charge in [-0.1, -0.05) is 209 Å². The lowest BCUT2D eigenvalue weighted by Gasteiger charge is -2.14. The second kappa shape index (κ2) is 54.0. The molecule has 1 aliphatic carbocycles. The van der Waals surface area contributed by atoms with Crippen LogP contribution >= 0.6 is 0 Å². The third-order valence-corrected chi connectivity index (χ3v) is 7.56. The molecule has 2 fully saturated rings. The summed E-state index contributed by atoms with van der Waals surface area (Å²) in [5.74, 6) is 3.90. The SMILES string of the molecule is C1=CC(OCC2CO2)c2cc(Oc3ccc4ccc(Oc5ccc6ccc(OCC7CO7)cc6c5)cc4c3)ccc21.C=C.CC.CC.CC.CC.CC.CC.CC.CC.CC.CC.CC.CC. The fourth-order valence-electron chi connectivity index (χ4n) is 5.14. The number of benzene rings is 5. The van der Waals surface area contributed by atoms with Gasteiger partial charge in [-0.2, -0.15) is 0 Å². The summed E-state index contributed by atoms with van der Waals surface area (Å²) in [7, 11) is 0. The number of epoxide rings is 2. The van der Waals surface area contributed by atoms with Crippen molar-refractivity contribution in [3.8, 4) is 28.7 Å². The third-order valence-electron chi connectivity index (χ3n) is 7.56. The molecule has 0 aromatic heterocycles. The van der Waals surface area contributed by atoms with Crippen LogP contribution in [0.4, 0.5) is 0 Å². The molecule has 0 saturated carbocycles. The first-order valence-electron chi connectivity index (χ1n) is 26.4. The van der Waals surface area contributed by atoms with Crippen molar-refractivity contribution in [2.45, 2.75) is 184 Å². The first-order valence-corrected chi connectivity index (χ1v) is 26.4. The molecule has 67 heavy (non-hydrogen) atoms. The van der Waals surface area contributed by atoms with Gasteiger partial charge in [-0.3, -0.25) is 0 Å².